The molecular weight excluding hydrogens is 272 g/mol. The number of hydrogen-bond acceptors (Lipinski definition) is 6. The smallest absolute Gasteiger partial charge is 0.138 e. The predicted octanol–water partition coefficient (Wildman–Crippen LogP) is 2.13. The normalized spacial score (nSPS) is 23.6. The van der Waals surface area contributed by atoms with Crippen molar-refractivity contribution in [2.75, 3.05) is 32.1 Å². The van der Waals surface area contributed by atoms with Crippen LogP contribution >= 0.6 is 11.3 Å². The fourth-order valence-corrected chi connectivity index (χ4v) is 3.60. The molecule has 20 heavy (non-hydrogen) atoms. The zero-order valence-corrected chi connectivity index (χ0v) is 12.9. The lowest BCUT2D eigenvalue weighted by Gasteiger charge is -2.19. The van der Waals surface area contributed by atoms with Gasteiger partial charge in [-0.2, -0.15) is 0 Å². The second-order valence-corrected chi connectivity index (χ2v) is 6.41. The van der Waals surface area contributed by atoms with E-state index < -0.39 is 0 Å². The van der Waals surface area contributed by atoms with E-state index in [2.05, 4.69) is 40.1 Å². The Labute approximate surface area is 123 Å². The highest BCUT2D eigenvalue weighted by molar-refractivity contribution is 7.18. The topological polar surface area (TPSA) is 50.3 Å². The zero-order chi connectivity index (χ0) is 14.1. The first-order chi connectivity index (χ1) is 9.71. The predicted molar refractivity (Wildman–Crippen MR) is 82.5 cm³/mol. The summed E-state index contributed by atoms with van der Waals surface area (Å²) in [6.07, 6.45) is 1.84. The van der Waals surface area contributed by atoms with Gasteiger partial charge in [0.25, 0.3) is 0 Å². The summed E-state index contributed by atoms with van der Waals surface area (Å²) in [5.41, 5.74) is 0. The van der Waals surface area contributed by atoms with E-state index in [1.165, 1.54) is 4.88 Å². The summed E-state index contributed by atoms with van der Waals surface area (Å²) in [6, 6.07) is 2.43. The number of anilines is 1. The van der Waals surface area contributed by atoms with Gasteiger partial charge < -0.3 is 10.1 Å². The average Bonchev–Trinajstić information content (AvgIpc) is 3.01. The van der Waals surface area contributed by atoms with E-state index in [4.69, 9.17) is 4.74 Å². The Kier molecular flexibility index (Phi) is 3.87. The Hall–Kier alpha value is -1.24. The maximum atomic E-state index is 5.60. The van der Waals surface area contributed by atoms with Crippen molar-refractivity contribution in [3.8, 4) is 0 Å². The molecule has 5 nitrogen and oxygen atoms in total. The van der Waals surface area contributed by atoms with E-state index in [0.717, 1.165) is 35.7 Å². The van der Waals surface area contributed by atoms with Gasteiger partial charge in [0.1, 0.15) is 17.0 Å². The molecule has 2 atom stereocenters. The molecule has 1 N–H and O–H groups in total. The van der Waals surface area contributed by atoms with E-state index in [0.29, 0.717) is 0 Å². The maximum Gasteiger partial charge on any atom is 0.138 e. The van der Waals surface area contributed by atoms with Crippen LogP contribution in [0.15, 0.2) is 12.4 Å². The number of fused-ring (bicyclic) bond motifs is 1. The van der Waals surface area contributed by atoms with Crippen LogP contribution in [0.2, 0.25) is 0 Å². The van der Waals surface area contributed by atoms with Gasteiger partial charge in [-0.15, -0.1) is 11.3 Å². The molecule has 1 aliphatic heterocycles. The van der Waals surface area contributed by atoms with E-state index in [-0.39, 0.29) is 12.1 Å². The standard InChI is InChI=1S/C14H20N4OS/c1-4-18-6-11(12(7-18)19-3)17-13-10-5-9(2)20-14(10)16-8-15-13/h5,8,11-12H,4,6-7H2,1-3H3,(H,15,16,17). The molecule has 3 heterocycles. The largest absolute Gasteiger partial charge is 0.378 e. The minimum absolute atomic E-state index is 0.208. The number of ether oxygens (including phenoxy) is 1. The second-order valence-electron chi connectivity index (χ2n) is 5.18. The van der Waals surface area contributed by atoms with Crippen LogP contribution in [0.4, 0.5) is 5.82 Å². The molecule has 1 saturated heterocycles. The molecule has 0 radical (unpaired) electrons. The van der Waals surface area contributed by atoms with E-state index >= 15 is 0 Å². The summed E-state index contributed by atoms with van der Waals surface area (Å²) in [5, 5.41) is 4.66. The van der Waals surface area contributed by atoms with Gasteiger partial charge in [-0.3, -0.25) is 4.90 Å². The van der Waals surface area contributed by atoms with Gasteiger partial charge >= 0.3 is 0 Å². The van der Waals surface area contributed by atoms with Crippen LogP contribution in [0.25, 0.3) is 10.2 Å². The average molecular weight is 292 g/mol. The fraction of sp³-hybridized carbons (Fsp3) is 0.571. The highest BCUT2D eigenvalue weighted by Gasteiger charge is 2.32. The van der Waals surface area contributed by atoms with Gasteiger partial charge in [-0.1, -0.05) is 6.92 Å². The number of thiophene rings is 1. The number of likely N-dealkylation sites (tertiary alicyclic amines) is 1. The molecular formula is C14H20N4OS. The Morgan fingerprint density at radius 1 is 1.45 bits per heavy atom. The Morgan fingerprint density at radius 3 is 3.05 bits per heavy atom. The number of likely N-dealkylation sites (N-methyl/N-ethyl adjacent to an activating group) is 1. The van der Waals surface area contributed by atoms with Crippen molar-refractivity contribution in [1.29, 1.82) is 0 Å². The van der Waals surface area contributed by atoms with Crippen LogP contribution in [0.1, 0.15) is 11.8 Å². The molecule has 6 heteroatoms. The number of nitrogens with one attached hydrogen (secondary N) is 1. The molecule has 2 aromatic heterocycles. The Morgan fingerprint density at radius 2 is 2.30 bits per heavy atom. The first-order valence-corrected chi connectivity index (χ1v) is 7.75. The molecule has 0 aromatic carbocycles. The third-order valence-electron chi connectivity index (χ3n) is 3.87. The first-order valence-electron chi connectivity index (χ1n) is 6.94. The van der Waals surface area contributed by atoms with Crippen molar-refractivity contribution >= 4 is 27.4 Å². The van der Waals surface area contributed by atoms with Crippen LogP contribution in [0.5, 0.6) is 0 Å². The molecule has 0 amide bonds. The highest BCUT2D eigenvalue weighted by Crippen LogP contribution is 2.28. The third-order valence-corrected chi connectivity index (χ3v) is 4.83. The van der Waals surface area contributed by atoms with Crippen LogP contribution in [0.3, 0.4) is 0 Å². The zero-order valence-electron chi connectivity index (χ0n) is 12.1. The second kappa shape index (κ2) is 5.63. The molecule has 0 bridgehead atoms. The summed E-state index contributed by atoms with van der Waals surface area (Å²) in [7, 11) is 1.78. The SMILES string of the molecule is CCN1CC(Nc2ncnc3sc(C)cc23)C(OC)C1. The minimum atomic E-state index is 0.208. The molecule has 0 saturated carbocycles. The van der Waals surface area contributed by atoms with E-state index in [9.17, 15) is 0 Å². The van der Waals surface area contributed by atoms with Crippen LogP contribution in [0, 0.1) is 6.92 Å². The minimum Gasteiger partial charge on any atom is -0.378 e. The van der Waals surface area contributed by atoms with Crippen molar-refractivity contribution in [3.63, 3.8) is 0 Å². The highest BCUT2D eigenvalue weighted by atomic mass is 32.1. The number of rotatable bonds is 4. The van der Waals surface area contributed by atoms with Gasteiger partial charge in [0.15, 0.2) is 0 Å². The lowest BCUT2D eigenvalue weighted by atomic mass is 10.2. The lowest BCUT2D eigenvalue weighted by Crippen LogP contribution is -2.33. The third kappa shape index (κ3) is 2.51. The van der Waals surface area contributed by atoms with Crippen LogP contribution in [-0.4, -0.2) is 53.8 Å². The lowest BCUT2D eigenvalue weighted by molar-refractivity contribution is 0.102. The monoisotopic (exact) mass is 292 g/mol. The van der Waals surface area contributed by atoms with E-state index in [1.54, 1.807) is 24.8 Å². The molecule has 0 aliphatic carbocycles. The molecule has 108 valence electrons. The van der Waals surface area contributed by atoms with Crippen molar-refractivity contribution in [3.05, 3.63) is 17.3 Å². The van der Waals surface area contributed by atoms with Crippen LogP contribution in [-0.2, 0) is 4.74 Å². The Balaban J connectivity index is 1.85. The molecule has 2 aromatic rings. The Bertz CT molecular complexity index is 600. The summed E-state index contributed by atoms with van der Waals surface area (Å²) in [5.74, 6) is 0.921. The summed E-state index contributed by atoms with van der Waals surface area (Å²) < 4.78 is 5.60. The fourth-order valence-electron chi connectivity index (χ4n) is 2.75. The number of nitrogens with zero attached hydrogens (tertiary/aromatic N) is 3. The van der Waals surface area contributed by atoms with Crippen LogP contribution < -0.4 is 5.32 Å². The maximum absolute atomic E-state index is 5.60. The number of hydrogen-bond donors (Lipinski definition) is 1. The van der Waals surface area contributed by atoms with Gasteiger partial charge in [0, 0.05) is 25.1 Å². The molecule has 1 fully saturated rings. The molecule has 2 unspecified atom stereocenters. The van der Waals surface area contributed by atoms with Crippen molar-refractivity contribution in [1.82, 2.24) is 14.9 Å². The van der Waals surface area contributed by atoms with Gasteiger partial charge in [0.2, 0.25) is 0 Å². The van der Waals surface area contributed by atoms with Gasteiger partial charge in [0.05, 0.1) is 17.5 Å². The summed E-state index contributed by atoms with van der Waals surface area (Å²) in [6.45, 7) is 7.29. The van der Waals surface area contributed by atoms with Crippen molar-refractivity contribution in [2.24, 2.45) is 0 Å². The quantitative estimate of drug-likeness (QED) is 0.935. The summed E-state index contributed by atoms with van der Waals surface area (Å²) in [4.78, 5) is 13.4. The van der Waals surface area contributed by atoms with Crippen molar-refractivity contribution < 1.29 is 4.74 Å². The number of aryl methyl sites for hydroxylation is 1. The molecule has 0 spiro atoms. The number of aromatic nitrogens is 2. The molecule has 3 rings (SSSR count). The van der Waals surface area contributed by atoms with Gasteiger partial charge in [-0.05, 0) is 19.5 Å². The first kappa shape index (κ1) is 13.7. The van der Waals surface area contributed by atoms with Crippen molar-refractivity contribution in [2.45, 2.75) is 26.0 Å². The van der Waals surface area contributed by atoms with Gasteiger partial charge in [-0.25, -0.2) is 9.97 Å². The number of methoxy groups -OCH3 is 1. The van der Waals surface area contributed by atoms with E-state index in [1.807, 2.05) is 0 Å². The summed E-state index contributed by atoms with van der Waals surface area (Å²) >= 11 is 1.70. The molecule has 1 aliphatic rings.